The number of hydrogen-bond donors (Lipinski definition) is 6. The van der Waals surface area contributed by atoms with E-state index in [4.69, 9.17) is 21.7 Å². The molecule has 0 aliphatic rings. The van der Waals surface area contributed by atoms with Gasteiger partial charge in [0.2, 0.25) is 0 Å². The summed E-state index contributed by atoms with van der Waals surface area (Å²) in [7, 11) is 0. The predicted molar refractivity (Wildman–Crippen MR) is 71.4 cm³/mol. The van der Waals surface area contributed by atoms with Gasteiger partial charge in [-0.05, 0) is 0 Å². The monoisotopic (exact) mass is 371 g/mol. The standard InChI is InChI=1S/2C3H7NO2S.C2H5NO2.Fe/c2*4-2(1-7)3(5)6;3-1-2(4)5;/h2*2,7H,1,4H2,(H,5,6);1,3H2,(H,4,5);/q;;;+2/p-2. The molecule has 120 valence electrons. The number of thiol groups is 1. The van der Waals surface area contributed by atoms with Gasteiger partial charge in [-0.1, -0.05) is 0 Å². The van der Waals surface area contributed by atoms with Crippen LogP contribution in [0, 0.1) is 0 Å². The molecular formula is C8H17FeN3O6S2. The second-order valence-corrected chi connectivity index (χ2v) is 3.52. The molecule has 2 unspecified atom stereocenters. The van der Waals surface area contributed by atoms with Crippen LogP contribution < -0.4 is 22.3 Å². The first kappa shape index (κ1) is 27.8. The van der Waals surface area contributed by atoms with E-state index in [2.05, 4.69) is 31.0 Å². The van der Waals surface area contributed by atoms with Crippen molar-refractivity contribution in [1.29, 1.82) is 0 Å². The first-order valence-electron chi connectivity index (χ1n) is 4.69. The zero-order valence-electron chi connectivity index (χ0n) is 10.2. The van der Waals surface area contributed by atoms with Crippen molar-refractivity contribution in [3.63, 3.8) is 0 Å². The fourth-order valence-electron chi connectivity index (χ4n) is 0.146. The molecule has 0 aromatic heterocycles. The largest absolute Gasteiger partial charge is 2.00 e. The van der Waals surface area contributed by atoms with Crippen molar-refractivity contribution < 1.29 is 46.8 Å². The first-order chi connectivity index (χ1) is 8.63. The van der Waals surface area contributed by atoms with Crippen molar-refractivity contribution in [2.24, 2.45) is 17.2 Å². The number of aliphatic carboxylic acids is 3. The minimum Gasteiger partial charge on any atom is -0.791 e. The zero-order valence-corrected chi connectivity index (χ0v) is 13.1. The Hall–Kier alpha value is -0.491. The van der Waals surface area contributed by atoms with Crippen LogP contribution in [0.25, 0.3) is 0 Å². The van der Waals surface area contributed by atoms with E-state index in [1.807, 2.05) is 0 Å². The Bertz CT molecular complexity index is 265. The van der Waals surface area contributed by atoms with Crippen LogP contribution in [0.2, 0.25) is 0 Å². The van der Waals surface area contributed by atoms with Crippen molar-refractivity contribution in [3.05, 3.63) is 0 Å². The van der Waals surface area contributed by atoms with Gasteiger partial charge in [0.25, 0.3) is 0 Å². The summed E-state index contributed by atoms with van der Waals surface area (Å²) in [5, 5.41) is 25.2. The van der Waals surface area contributed by atoms with E-state index in [0.717, 1.165) is 0 Å². The van der Waals surface area contributed by atoms with Crippen molar-refractivity contribution in [2.75, 3.05) is 18.1 Å². The molecule has 9 nitrogen and oxygen atoms in total. The molecule has 0 aromatic carbocycles. The Morgan fingerprint density at radius 2 is 1.55 bits per heavy atom. The number of carbonyl (C=O) groups is 3. The summed E-state index contributed by atoms with van der Waals surface area (Å²) < 4.78 is 0. The van der Waals surface area contributed by atoms with Crippen LogP contribution in [0.1, 0.15) is 0 Å². The Kier molecular flexibility index (Phi) is 25.7. The van der Waals surface area contributed by atoms with E-state index in [1.54, 1.807) is 0 Å². The van der Waals surface area contributed by atoms with Gasteiger partial charge in [0, 0.05) is 11.8 Å². The van der Waals surface area contributed by atoms with Crippen LogP contribution in [-0.2, 0) is 44.1 Å². The van der Waals surface area contributed by atoms with E-state index in [1.165, 1.54) is 0 Å². The molecule has 0 radical (unpaired) electrons. The Morgan fingerprint density at radius 1 is 1.20 bits per heavy atom. The molecule has 0 spiro atoms. The SMILES string of the molecule is NC(CS)C(=O)O.NC(C[S-])C(=O)[O-].NCC(=O)O.[Fe+2]. The third-order valence-corrected chi connectivity index (χ3v) is 1.92. The van der Waals surface area contributed by atoms with Crippen molar-refractivity contribution >= 4 is 43.2 Å². The minimum atomic E-state index is -1.28. The van der Waals surface area contributed by atoms with Gasteiger partial charge in [-0.2, -0.15) is 18.4 Å². The van der Waals surface area contributed by atoms with Crippen LogP contribution in [0.15, 0.2) is 0 Å². The molecule has 8 N–H and O–H groups in total. The van der Waals surface area contributed by atoms with Crippen LogP contribution >= 0.6 is 12.6 Å². The molecule has 12 heteroatoms. The van der Waals surface area contributed by atoms with E-state index in [9.17, 15) is 19.5 Å². The molecule has 0 bridgehead atoms. The number of rotatable bonds is 5. The summed E-state index contributed by atoms with van der Waals surface area (Å²) in [6.45, 7) is -0.278. The number of hydrogen-bond acceptors (Lipinski definition) is 9. The van der Waals surface area contributed by atoms with Crippen LogP contribution in [-0.4, -0.2) is 58.3 Å². The van der Waals surface area contributed by atoms with Gasteiger partial charge in [-0.3, -0.25) is 9.59 Å². The molecule has 0 saturated carbocycles. The third-order valence-electron chi connectivity index (χ3n) is 1.17. The molecule has 0 aliphatic carbocycles. The maximum absolute atomic E-state index is 9.76. The first-order valence-corrected chi connectivity index (χ1v) is 5.90. The van der Waals surface area contributed by atoms with Gasteiger partial charge in [0.1, 0.15) is 6.04 Å². The zero-order chi connectivity index (χ0) is 16.0. The molecule has 0 aliphatic heterocycles. The fourth-order valence-corrected chi connectivity index (χ4v) is 0.438. The quantitative estimate of drug-likeness (QED) is 0.157. The third kappa shape index (κ3) is 26.1. The summed E-state index contributed by atoms with van der Waals surface area (Å²) in [5.74, 6) is -3.05. The molecule has 0 fully saturated rings. The van der Waals surface area contributed by atoms with Gasteiger partial charge in [-0.15, -0.1) is 0 Å². The molecule has 0 saturated heterocycles. The van der Waals surface area contributed by atoms with E-state index >= 15 is 0 Å². The second kappa shape index (κ2) is 18.5. The van der Waals surface area contributed by atoms with Crippen LogP contribution in [0.5, 0.6) is 0 Å². The average Bonchev–Trinajstić information content (AvgIpc) is 2.37. The number of carbonyl (C=O) groups excluding carboxylic acids is 1. The second-order valence-electron chi connectivity index (χ2n) is 2.82. The van der Waals surface area contributed by atoms with Crippen LogP contribution in [0.3, 0.4) is 0 Å². The molecule has 0 amide bonds. The summed E-state index contributed by atoms with van der Waals surface area (Å²) in [6.07, 6.45) is 0. The number of carboxylic acids is 3. The molecule has 0 rings (SSSR count). The number of nitrogens with two attached hydrogens (primary N) is 3. The summed E-state index contributed by atoms with van der Waals surface area (Å²) in [6, 6.07) is -1.79. The van der Waals surface area contributed by atoms with Crippen LogP contribution in [0.4, 0.5) is 0 Å². The normalized spacial score (nSPS) is 11.2. The van der Waals surface area contributed by atoms with Crippen molar-refractivity contribution in [1.82, 2.24) is 0 Å². The average molecular weight is 371 g/mol. The van der Waals surface area contributed by atoms with Crippen molar-refractivity contribution in [2.45, 2.75) is 12.1 Å². The maximum atomic E-state index is 9.76. The Morgan fingerprint density at radius 3 is 1.55 bits per heavy atom. The summed E-state index contributed by atoms with van der Waals surface area (Å²) in [5.41, 5.74) is 14.4. The predicted octanol–water partition coefficient (Wildman–Crippen LogP) is -4.03. The molecule has 0 aromatic rings. The number of carboxylic acid groups (broad SMARTS) is 3. The smallest absolute Gasteiger partial charge is 0.791 e. The molecule has 2 atom stereocenters. The van der Waals surface area contributed by atoms with Gasteiger partial charge in [0.05, 0.1) is 12.5 Å². The van der Waals surface area contributed by atoms with Gasteiger partial charge < -0.3 is 49.9 Å². The summed E-state index contributed by atoms with van der Waals surface area (Å²) >= 11 is 7.95. The molecule has 0 heterocycles. The Labute approximate surface area is 137 Å². The summed E-state index contributed by atoms with van der Waals surface area (Å²) in [4.78, 5) is 28.6. The molecular weight excluding hydrogens is 354 g/mol. The van der Waals surface area contributed by atoms with Crippen molar-refractivity contribution in [3.8, 4) is 0 Å². The fraction of sp³-hybridized carbons (Fsp3) is 0.625. The maximum Gasteiger partial charge on any atom is 2.00 e. The minimum absolute atomic E-state index is 0. The van der Waals surface area contributed by atoms with E-state index in [0.29, 0.717) is 0 Å². The van der Waals surface area contributed by atoms with Gasteiger partial charge >= 0.3 is 29.0 Å². The topological polar surface area (TPSA) is 193 Å². The van der Waals surface area contributed by atoms with E-state index < -0.39 is 30.0 Å². The molecule has 20 heavy (non-hydrogen) atoms. The van der Waals surface area contributed by atoms with Gasteiger partial charge in [-0.25, -0.2) is 0 Å². The van der Waals surface area contributed by atoms with E-state index in [-0.39, 0.29) is 35.1 Å². The van der Waals surface area contributed by atoms with Gasteiger partial charge in [0.15, 0.2) is 0 Å². The Balaban J connectivity index is -0.0000000952.